The molecule has 0 bridgehead atoms. The molecule has 0 aliphatic heterocycles. The lowest BCUT2D eigenvalue weighted by Crippen LogP contribution is -2.12. The van der Waals surface area contributed by atoms with E-state index in [0.29, 0.717) is 5.69 Å². The third kappa shape index (κ3) is 2.13. The summed E-state index contributed by atoms with van der Waals surface area (Å²) < 4.78 is 0. The van der Waals surface area contributed by atoms with Gasteiger partial charge in [-0.25, -0.2) is 9.97 Å². The zero-order chi connectivity index (χ0) is 8.97. The molecule has 1 aromatic heterocycles. The van der Waals surface area contributed by atoms with Crippen molar-refractivity contribution in [3.8, 4) is 0 Å². The first-order chi connectivity index (χ1) is 5.74. The standard InChI is InChI=1S/C7H10N4S/c1-2-9-6-3-5(7(8)12)10-4-11-6/h3-4H,2H2,1H3,(H2,8,12)(H,9,10,11). The Hall–Kier alpha value is -1.23. The van der Waals surface area contributed by atoms with Crippen LogP contribution in [0.5, 0.6) is 0 Å². The van der Waals surface area contributed by atoms with Gasteiger partial charge in [0.05, 0.1) is 0 Å². The van der Waals surface area contributed by atoms with Crippen LogP contribution in [0.1, 0.15) is 12.6 Å². The van der Waals surface area contributed by atoms with Gasteiger partial charge in [0.25, 0.3) is 0 Å². The SMILES string of the molecule is CCNc1cc(C(N)=S)ncn1. The molecule has 0 spiro atoms. The molecule has 0 amide bonds. The number of nitrogens with two attached hydrogens (primary N) is 1. The number of anilines is 1. The molecule has 0 radical (unpaired) electrons. The molecule has 12 heavy (non-hydrogen) atoms. The summed E-state index contributed by atoms with van der Waals surface area (Å²) in [6.07, 6.45) is 1.44. The van der Waals surface area contributed by atoms with Gasteiger partial charge in [-0.15, -0.1) is 0 Å². The second-order valence-electron chi connectivity index (χ2n) is 2.18. The Balaban J connectivity index is 2.88. The van der Waals surface area contributed by atoms with Crippen molar-refractivity contribution in [2.75, 3.05) is 11.9 Å². The van der Waals surface area contributed by atoms with Crippen LogP contribution >= 0.6 is 12.2 Å². The Morgan fingerprint density at radius 1 is 1.67 bits per heavy atom. The fourth-order valence-corrected chi connectivity index (χ4v) is 0.881. The Labute approximate surface area is 76.2 Å². The molecule has 0 atom stereocenters. The Bertz CT molecular complexity index is 286. The molecule has 1 aromatic rings. The highest BCUT2D eigenvalue weighted by Gasteiger charge is 1.98. The Kier molecular flexibility index (Phi) is 2.93. The van der Waals surface area contributed by atoms with Gasteiger partial charge in [0.1, 0.15) is 22.8 Å². The van der Waals surface area contributed by atoms with E-state index >= 15 is 0 Å². The van der Waals surface area contributed by atoms with E-state index in [1.165, 1.54) is 6.33 Å². The number of hydrogen-bond acceptors (Lipinski definition) is 4. The highest BCUT2D eigenvalue weighted by molar-refractivity contribution is 7.80. The number of thiocarbonyl (C=S) groups is 1. The van der Waals surface area contributed by atoms with E-state index < -0.39 is 0 Å². The molecule has 0 saturated heterocycles. The van der Waals surface area contributed by atoms with Gasteiger partial charge in [0.15, 0.2) is 0 Å². The van der Waals surface area contributed by atoms with Crippen molar-refractivity contribution in [2.24, 2.45) is 5.73 Å². The first kappa shape index (κ1) is 8.86. The Morgan fingerprint density at radius 2 is 2.42 bits per heavy atom. The van der Waals surface area contributed by atoms with Crippen LogP contribution in [-0.2, 0) is 0 Å². The first-order valence-corrected chi connectivity index (χ1v) is 4.00. The predicted molar refractivity (Wildman–Crippen MR) is 52.1 cm³/mol. The zero-order valence-corrected chi connectivity index (χ0v) is 7.56. The lowest BCUT2D eigenvalue weighted by molar-refractivity contribution is 1.10. The molecule has 4 nitrogen and oxygen atoms in total. The van der Waals surface area contributed by atoms with Crippen molar-refractivity contribution in [2.45, 2.75) is 6.92 Å². The van der Waals surface area contributed by atoms with Gasteiger partial charge in [-0.2, -0.15) is 0 Å². The minimum atomic E-state index is 0.288. The van der Waals surface area contributed by atoms with Gasteiger partial charge in [0.2, 0.25) is 0 Å². The molecule has 1 rings (SSSR count). The summed E-state index contributed by atoms with van der Waals surface area (Å²) in [5.41, 5.74) is 5.99. The predicted octanol–water partition coefficient (Wildman–Crippen LogP) is 0.543. The summed E-state index contributed by atoms with van der Waals surface area (Å²) in [7, 11) is 0. The molecule has 0 saturated carbocycles. The van der Waals surface area contributed by atoms with Crippen LogP contribution in [0.2, 0.25) is 0 Å². The fraction of sp³-hybridized carbons (Fsp3) is 0.286. The Morgan fingerprint density at radius 3 is 3.00 bits per heavy atom. The van der Waals surface area contributed by atoms with E-state index in [-0.39, 0.29) is 4.99 Å². The van der Waals surface area contributed by atoms with E-state index in [1.807, 2.05) is 6.92 Å². The van der Waals surface area contributed by atoms with Crippen LogP contribution in [0.15, 0.2) is 12.4 Å². The van der Waals surface area contributed by atoms with Crippen molar-refractivity contribution in [1.82, 2.24) is 9.97 Å². The molecule has 64 valence electrons. The van der Waals surface area contributed by atoms with Crippen molar-refractivity contribution < 1.29 is 0 Å². The maximum absolute atomic E-state index is 5.39. The normalized spacial score (nSPS) is 9.42. The van der Waals surface area contributed by atoms with E-state index in [1.54, 1.807) is 6.07 Å². The third-order valence-electron chi connectivity index (χ3n) is 1.28. The van der Waals surface area contributed by atoms with E-state index in [9.17, 15) is 0 Å². The van der Waals surface area contributed by atoms with Crippen molar-refractivity contribution in [1.29, 1.82) is 0 Å². The maximum atomic E-state index is 5.39. The van der Waals surface area contributed by atoms with Crippen molar-refractivity contribution in [3.05, 3.63) is 18.1 Å². The minimum absolute atomic E-state index is 0.288. The number of nitrogens with one attached hydrogen (secondary N) is 1. The monoisotopic (exact) mass is 182 g/mol. The summed E-state index contributed by atoms with van der Waals surface area (Å²) in [5, 5.41) is 3.04. The van der Waals surface area contributed by atoms with E-state index in [2.05, 4.69) is 15.3 Å². The van der Waals surface area contributed by atoms with Crippen LogP contribution in [0.4, 0.5) is 5.82 Å². The number of rotatable bonds is 3. The van der Waals surface area contributed by atoms with Crippen LogP contribution in [0.3, 0.4) is 0 Å². The topological polar surface area (TPSA) is 63.8 Å². The van der Waals surface area contributed by atoms with Gasteiger partial charge < -0.3 is 11.1 Å². The highest BCUT2D eigenvalue weighted by atomic mass is 32.1. The second kappa shape index (κ2) is 3.96. The molecular formula is C7H10N4S. The zero-order valence-electron chi connectivity index (χ0n) is 6.74. The van der Waals surface area contributed by atoms with Gasteiger partial charge in [-0.05, 0) is 6.92 Å². The molecule has 0 aliphatic rings. The molecule has 0 aliphatic carbocycles. The number of hydrogen-bond donors (Lipinski definition) is 2. The van der Waals surface area contributed by atoms with Crippen molar-refractivity contribution >= 4 is 23.0 Å². The average molecular weight is 182 g/mol. The quantitative estimate of drug-likeness (QED) is 0.668. The molecule has 1 heterocycles. The highest BCUT2D eigenvalue weighted by Crippen LogP contribution is 2.02. The molecule has 0 unspecified atom stereocenters. The third-order valence-corrected chi connectivity index (χ3v) is 1.49. The van der Waals surface area contributed by atoms with Crippen molar-refractivity contribution in [3.63, 3.8) is 0 Å². The summed E-state index contributed by atoms with van der Waals surface area (Å²) in [6.45, 7) is 2.80. The van der Waals surface area contributed by atoms with Crippen LogP contribution < -0.4 is 11.1 Å². The summed E-state index contributed by atoms with van der Waals surface area (Å²) in [4.78, 5) is 8.17. The number of nitrogens with zero attached hydrogens (tertiary/aromatic N) is 2. The van der Waals surface area contributed by atoms with Gasteiger partial charge in [-0.3, -0.25) is 0 Å². The van der Waals surface area contributed by atoms with E-state index in [0.717, 1.165) is 12.4 Å². The van der Waals surface area contributed by atoms with E-state index in [4.69, 9.17) is 18.0 Å². The average Bonchev–Trinajstić information content (AvgIpc) is 2.05. The van der Waals surface area contributed by atoms with Crippen LogP contribution in [-0.4, -0.2) is 21.5 Å². The maximum Gasteiger partial charge on any atom is 0.130 e. The smallest absolute Gasteiger partial charge is 0.130 e. The first-order valence-electron chi connectivity index (χ1n) is 3.59. The number of aromatic nitrogens is 2. The van der Waals surface area contributed by atoms with Crippen LogP contribution in [0.25, 0.3) is 0 Å². The molecule has 0 fully saturated rings. The van der Waals surface area contributed by atoms with Gasteiger partial charge >= 0.3 is 0 Å². The molecule has 3 N–H and O–H groups in total. The summed E-state index contributed by atoms with van der Waals surface area (Å²) in [5.74, 6) is 0.746. The minimum Gasteiger partial charge on any atom is -0.388 e. The molecule has 5 heteroatoms. The molecular weight excluding hydrogens is 172 g/mol. The summed E-state index contributed by atoms with van der Waals surface area (Å²) >= 11 is 4.77. The lowest BCUT2D eigenvalue weighted by Gasteiger charge is -2.02. The fourth-order valence-electron chi connectivity index (χ4n) is 0.770. The largest absolute Gasteiger partial charge is 0.388 e. The van der Waals surface area contributed by atoms with Gasteiger partial charge in [0, 0.05) is 12.6 Å². The second-order valence-corrected chi connectivity index (χ2v) is 2.62. The molecule has 0 aromatic carbocycles. The van der Waals surface area contributed by atoms with Gasteiger partial charge in [-0.1, -0.05) is 12.2 Å². The lowest BCUT2D eigenvalue weighted by atomic mass is 10.4. The van der Waals surface area contributed by atoms with Crippen LogP contribution in [0, 0.1) is 0 Å². The summed E-state index contributed by atoms with van der Waals surface area (Å²) in [6, 6.07) is 1.73.